The molecule has 4 aromatic rings. The fourth-order valence-electron chi connectivity index (χ4n) is 3.73. The van der Waals surface area contributed by atoms with Crippen molar-refractivity contribution in [3.8, 4) is 11.1 Å². The summed E-state index contributed by atoms with van der Waals surface area (Å²) in [6.45, 7) is 2.21. The van der Waals surface area contributed by atoms with Gasteiger partial charge < -0.3 is 4.42 Å². The van der Waals surface area contributed by atoms with E-state index in [2.05, 4.69) is 55.5 Å². The first-order valence-corrected chi connectivity index (χ1v) is 7.35. The molecular formula is C20H14O. The molecule has 5 rings (SSSR count). The van der Waals surface area contributed by atoms with Crippen LogP contribution in [0.25, 0.3) is 33.1 Å². The smallest absolute Gasteiger partial charge is 0.139 e. The normalized spacial score (nSPS) is 12.8. The number of aryl methyl sites for hydroxylation is 1. The molecule has 0 bridgehead atoms. The van der Waals surface area contributed by atoms with Crippen LogP contribution in [0.3, 0.4) is 0 Å². The summed E-state index contributed by atoms with van der Waals surface area (Å²) in [5.74, 6) is 0. The highest BCUT2D eigenvalue weighted by molar-refractivity contribution is 6.09. The van der Waals surface area contributed by atoms with Crippen molar-refractivity contribution in [2.24, 2.45) is 0 Å². The number of furan rings is 1. The summed E-state index contributed by atoms with van der Waals surface area (Å²) in [4.78, 5) is 0. The van der Waals surface area contributed by atoms with Gasteiger partial charge in [-0.2, -0.15) is 0 Å². The third kappa shape index (κ3) is 1.36. The molecule has 0 N–H and O–H groups in total. The van der Waals surface area contributed by atoms with Crippen molar-refractivity contribution in [2.75, 3.05) is 0 Å². The molecule has 1 heterocycles. The van der Waals surface area contributed by atoms with Crippen LogP contribution in [0.15, 0.2) is 59.0 Å². The molecule has 100 valence electrons. The maximum Gasteiger partial charge on any atom is 0.139 e. The van der Waals surface area contributed by atoms with Gasteiger partial charge in [0.15, 0.2) is 0 Å². The average molecular weight is 270 g/mol. The van der Waals surface area contributed by atoms with Crippen molar-refractivity contribution in [2.45, 2.75) is 13.3 Å². The van der Waals surface area contributed by atoms with Crippen molar-refractivity contribution in [3.05, 3.63) is 71.3 Å². The van der Waals surface area contributed by atoms with Gasteiger partial charge in [-0.1, -0.05) is 42.5 Å². The van der Waals surface area contributed by atoms with Gasteiger partial charge >= 0.3 is 0 Å². The molecular weight excluding hydrogens is 256 g/mol. The predicted octanol–water partition coefficient (Wildman–Crippen LogP) is 5.47. The molecule has 1 aromatic heterocycles. The molecule has 0 unspecified atom stereocenters. The Morgan fingerprint density at radius 1 is 0.905 bits per heavy atom. The van der Waals surface area contributed by atoms with Gasteiger partial charge in [-0.15, -0.1) is 0 Å². The second kappa shape index (κ2) is 3.76. The lowest BCUT2D eigenvalue weighted by molar-refractivity contribution is 0.665. The van der Waals surface area contributed by atoms with Crippen LogP contribution < -0.4 is 0 Å². The largest absolute Gasteiger partial charge is 0.456 e. The zero-order valence-corrected chi connectivity index (χ0v) is 11.8. The molecule has 0 aliphatic heterocycles. The molecule has 1 heteroatoms. The van der Waals surface area contributed by atoms with Crippen LogP contribution in [0.5, 0.6) is 0 Å². The molecule has 3 aromatic carbocycles. The number of fused-ring (bicyclic) bond motifs is 7. The molecule has 1 aliphatic rings. The molecule has 21 heavy (non-hydrogen) atoms. The van der Waals surface area contributed by atoms with E-state index in [9.17, 15) is 0 Å². The zero-order chi connectivity index (χ0) is 14.0. The van der Waals surface area contributed by atoms with Gasteiger partial charge in [0.2, 0.25) is 0 Å². The highest BCUT2D eigenvalue weighted by atomic mass is 16.3. The van der Waals surface area contributed by atoms with Crippen LogP contribution in [-0.2, 0) is 6.42 Å². The summed E-state index contributed by atoms with van der Waals surface area (Å²) in [7, 11) is 0. The minimum Gasteiger partial charge on any atom is -0.456 e. The number of hydrogen-bond donors (Lipinski definition) is 0. The standard InChI is InChI=1S/C20H14O/c1-12-10-16-15-8-4-5-9-18(15)21-20(16)17-11-13-6-2-3-7-14(13)19(12)17/h2-10H,11H2,1H3. The molecule has 0 spiro atoms. The Bertz CT molecular complexity index is 1020. The van der Waals surface area contributed by atoms with Crippen molar-refractivity contribution in [1.29, 1.82) is 0 Å². The van der Waals surface area contributed by atoms with Gasteiger partial charge in [-0.05, 0) is 41.3 Å². The summed E-state index contributed by atoms with van der Waals surface area (Å²) in [5, 5.41) is 2.46. The van der Waals surface area contributed by atoms with Crippen LogP contribution >= 0.6 is 0 Å². The van der Waals surface area contributed by atoms with E-state index in [4.69, 9.17) is 4.42 Å². The van der Waals surface area contributed by atoms with Crippen molar-refractivity contribution >= 4 is 21.9 Å². The lowest BCUT2D eigenvalue weighted by Crippen LogP contribution is -1.85. The van der Waals surface area contributed by atoms with Crippen molar-refractivity contribution in [1.82, 2.24) is 0 Å². The van der Waals surface area contributed by atoms with Gasteiger partial charge in [0.05, 0.1) is 0 Å². The highest BCUT2D eigenvalue weighted by Gasteiger charge is 2.24. The highest BCUT2D eigenvalue weighted by Crippen LogP contribution is 2.44. The van der Waals surface area contributed by atoms with Crippen LogP contribution in [0.4, 0.5) is 0 Å². The van der Waals surface area contributed by atoms with E-state index in [1.807, 2.05) is 6.07 Å². The third-order valence-electron chi connectivity index (χ3n) is 4.62. The average Bonchev–Trinajstić information content (AvgIpc) is 3.06. The van der Waals surface area contributed by atoms with Crippen LogP contribution in [0, 0.1) is 6.92 Å². The Labute approximate surface area is 122 Å². The van der Waals surface area contributed by atoms with Gasteiger partial charge in [-0.3, -0.25) is 0 Å². The quantitative estimate of drug-likeness (QED) is 0.364. The van der Waals surface area contributed by atoms with E-state index in [1.54, 1.807) is 0 Å². The van der Waals surface area contributed by atoms with Crippen molar-refractivity contribution < 1.29 is 4.42 Å². The molecule has 0 amide bonds. The van der Waals surface area contributed by atoms with Gasteiger partial charge in [-0.25, -0.2) is 0 Å². The maximum atomic E-state index is 6.18. The minimum absolute atomic E-state index is 0.976. The van der Waals surface area contributed by atoms with E-state index >= 15 is 0 Å². The van der Waals surface area contributed by atoms with E-state index in [-0.39, 0.29) is 0 Å². The van der Waals surface area contributed by atoms with E-state index in [0.29, 0.717) is 0 Å². The predicted molar refractivity (Wildman–Crippen MR) is 86.7 cm³/mol. The van der Waals surface area contributed by atoms with Gasteiger partial charge in [0.25, 0.3) is 0 Å². The Morgan fingerprint density at radius 2 is 1.71 bits per heavy atom. The lowest BCUT2D eigenvalue weighted by atomic mass is 9.97. The van der Waals surface area contributed by atoms with Gasteiger partial charge in [0.1, 0.15) is 11.2 Å². The second-order valence-corrected chi connectivity index (χ2v) is 5.86. The fourth-order valence-corrected chi connectivity index (χ4v) is 3.73. The number of para-hydroxylation sites is 1. The van der Waals surface area contributed by atoms with E-state index in [0.717, 1.165) is 17.6 Å². The van der Waals surface area contributed by atoms with E-state index < -0.39 is 0 Å². The molecule has 0 radical (unpaired) electrons. The first-order valence-electron chi connectivity index (χ1n) is 7.35. The van der Waals surface area contributed by atoms with Gasteiger partial charge in [0, 0.05) is 22.8 Å². The SMILES string of the molecule is Cc1cc2c(oc3ccccc32)c2c1-c1ccccc1C2. The zero-order valence-electron chi connectivity index (χ0n) is 11.8. The Morgan fingerprint density at radius 3 is 2.67 bits per heavy atom. The fraction of sp³-hybridized carbons (Fsp3) is 0.100. The van der Waals surface area contributed by atoms with E-state index in [1.165, 1.54) is 38.6 Å². The number of rotatable bonds is 0. The Balaban J connectivity index is 1.97. The monoisotopic (exact) mass is 270 g/mol. The summed E-state index contributed by atoms with van der Waals surface area (Å²) in [6.07, 6.45) is 0.976. The van der Waals surface area contributed by atoms with Crippen LogP contribution in [0.2, 0.25) is 0 Å². The second-order valence-electron chi connectivity index (χ2n) is 5.86. The summed E-state index contributed by atoms with van der Waals surface area (Å²) in [5.41, 5.74) is 8.88. The molecule has 0 saturated carbocycles. The first kappa shape index (κ1) is 11.2. The van der Waals surface area contributed by atoms with Crippen LogP contribution in [-0.4, -0.2) is 0 Å². The van der Waals surface area contributed by atoms with Crippen LogP contribution in [0.1, 0.15) is 16.7 Å². The number of benzene rings is 3. The third-order valence-corrected chi connectivity index (χ3v) is 4.62. The topological polar surface area (TPSA) is 13.1 Å². The lowest BCUT2D eigenvalue weighted by Gasteiger charge is -2.06. The molecule has 0 atom stereocenters. The molecule has 0 saturated heterocycles. The molecule has 1 aliphatic carbocycles. The summed E-state index contributed by atoms with van der Waals surface area (Å²) < 4.78 is 6.18. The maximum absolute atomic E-state index is 6.18. The Hall–Kier alpha value is -2.54. The molecule has 0 fully saturated rings. The summed E-state index contributed by atoms with van der Waals surface area (Å²) in [6, 6.07) is 19.3. The minimum atomic E-state index is 0.976. The molecule has 1 nitrogen and oxygen atoms in total. The van der Waals surface area contributed by atoms with Crippen molar-refractivity contribution in [3.63, 3.8) is 0 Å². The first-order chi connectivity index (χ1) is 10.3. The number of hydrogen-bond acceptors (Lipinski definition) is 1. The Kier molecular flexibility index (Phi) is 2.00. The summed E-state index contributed by atoms with van der Waals surface area (Å²) >= 11 is 0.